The number of hydrogen-bond acceptors (Lipinski definition) is 2. The van der Waals surface area contributed by atoms with Crippen LogP contribution in [0.25, 0.3) is 0 Å². The molecule has 0 saturated heterocycles. The fourth-order valence-corrected chi connectivity index (χ4v) is 3.08. The highest BCUT2D eigenvalue weighted by atomic mass is 16.2. The number of aryl methyl sites for hydroxylation is 1. The normalized spacial score (nSPS) is 14.9. The number of anilines is 3. The van der Waals surface area contributed by atoms with Gasteiger partial charge >= 0.3 is 6.03 Å². The molecule has 1 aliphatic rings. The molecule has 3 N–H and O–H groups in total. The highest BCUT2D eigenvalue weighted by molar-refractivity contribution is 5.93. The Morgan fingerprint density at radius 3 is 2.29 bits per heavy atom. The van der Waals surface area contributed by atoms with Gasteiger partial charge in [-0.2, -0.15) is 0 Å². The molecule has 0 bridgehead atoms. The summed E-state index contributed by atoms with van der Waals surface area (Å²) in [5, 5.41) is 9.43. The molecule has 1 saturated carbocycles. The third kappa shape index (κ3) is 4.51. The van der Waals surface area contributed by atoms with Crippen LogP contribution >= 0.6 is 0 Å². The van der Waals surface area contributed by atoms with Crippen molar-refractivity contribution in [2.75, 3.05) is 10.6 Å². The zero-order valence-corrected chi connectivity index (χ0v) is 14.1. The smallest absolute Gasteiger partial charge is 0.319 e. The van der Waals surface area contributed by atoms with E-state index in [1.54, 1.807) is 0 Å². The van der Waals surface area contributed by atoms with Gasteiger partial charge in [-0.1, -0.05) is 49.1 Å². The van der Waals surface area contributed by atoms with Gasteiger partial charge in [-0.15, -0.1) is 0 Å². The Labute approximate surface area is 143 Å². The Balaban J connectivity index is 1.64. The topological polar surface area (TPSA) is 53.2 Å². The number of benzene rings is 2. The minimum absolute atomic E-state index is 0.125. The summed E-state index contributed by atoms with van der Waals surface area (Å²) in [5.74, 6) is 0. The van der Waals surface area contributed by atoms with Crippen molar-refractivity contribution in [2.24, 2.45) is 0 Å². The lowest BCUT2D eigenvalue weighted by atomic mass is 9.96. The minimum atomic E-state index is -0.125. The molecule has 0 radical (unpaired) electrons. The summed E-state index contributed by atoms with van der Waals surface area (Å²) in [6.07, 6.45) is 5.85. The van der Waals surface area contributed by atoms with Crippen LogP contribution in [-0.2, 0) is 0 Å². The zero-order valence-electron chi connectivity index (χ0n) is 14.1. The molecule has 2 amide bonds. The van der Waals surface area contributed by atoms with E-state index in [1.165, 1.54) is 24.8 Å². The SMILES string of the molecule is Cc1ccc(Nc2ccccc2NC(=O)NC2CCCCC2)cc1. The monoisotopic (exact) mass is 323 g/mol. The molecule has 0 unspecified atom stereocenters. The van der Waals surface area contributed by atoms with Crippen molar-refractivity contribution in [3.63, 3.8) is 0 Å². The van der Waals surface area contributed by atoms with Crippen LogP contribution in [0.4, 0.5) is 21.9 Å². The van der Waals surface area contributed by atoms with Gasteiger partial charge in [-0.05, 0) is 44.0 Å². The maximum Gasteiger partial charge on any atom is 0.319 e. The second-order valence-electron chi connectivity index (χ2n) is 6.47. The molecule has 2 aromatic carbocycles. The summed E-state index contributed by atoms with van der Waals surface area (Å²) in [7, 11) is 0. The van der Waals surface area contributed by atoms with E-state index in [0.717, 1.165) is 29.9 Å². The first-order valence-electron chi connectivity index (χ1n) is 8.71. The number of carbonyl (C=O) groups excluding carboxylic acids is 1. The first-order chi connectivity index (χ1) is 11.7. The van der Waals surface area contributed by atoms with Crippen LogP contribution in [-0.4, -0.2) is 12.1 Å². The molecular weight excluding hydrogens is 298 g/mol. The Hall–Kier alpha value is -2.49. The average Bonchev–Trinajstić information content (AvgIpc) is 2.59. The van der Waals surface area contributed by atoms with Crippen LogP contribution in [0.5, 0.6) is 0 Å². The second kappa shape index (κ2) is 7.86. The lowest BCUT2D eigenvalue weighted by molar-refractivity contribution is 0.244. The number of nitrogens with one attached hydrogen (secondary N) is 3. The summed E-state index contributed by atoms with van der Waals surface area (Å²) in [4.78, 5) is 12.3. The third-order valence-corrected chi connectivity index (χ3v) is 4.45. The molecule has 0 spiro atoms. The zero-order chi connectivity index (χ0) is 16.8. The molecule has 0 heterocycles. The maximum absolute atomic E-state index is 12.3. The highest BCUT2D eigenvalue weighted by Crippen LogP contribution is 2.25. The summed E-state index contributed by atoms with van der Waals surface area (Å²) in [6, 6.07) is 16.1. The van der Waals surface area contributed by atoms with Gasteiger partial charge in [0.05, 0.1) is 11.4 Å². The summed E-state index contributed by atoms with van der Waals surface area (Å²) >= 11 is 0. The molecule has 4 nitrogen and oxygen atoms in total. The van der Waals surface area contributed by atoms with Crippen molar-refractivity contribution in [1.82, 2.24) is 5.32 Å². The van der Waals surface area contributed by atoms with Gasteiger partial charge in [0, 0.05) is 11.7 Å². The lowest BCUT2D eigenvalue weighted by Gasteiger charge is -2.23. The summed E-state index contributed by atoms with van der Waals surface area (Å²) in [5.41, 5.74) is 3.90. The predicted molar refractivity (Wildman–Crippen MR) is 99.9 cm³/mol. The van der Waals surface area contributed by atoms with Gasteiger partial charge in [0.15, 0.2) is 0 Å². The minimum Gasteiger partial charge on any atom is -0.354 e. The molecule has 0 aromatic heterocycles. The van der Waals surface area contributed by atoms with E-state index in [-0.39, 0.29) is 6.03 Å². The van der Waals surface area contributed by atoms with Gasteiger partial charge in [-0.25, -0.2) is 4.79 Å². The van der Waals surface area contributed by atoms with Gasteiger partial charge in [-0.3, -0.25) is 0 Å². The van der Waals surface area contributed by atoms with Gasteiger partial charge < -0.3 is 16.0 Å². The van der Waals surface area contributed by atoms with Crippen LogP contribution in [0.15, 0.2) is 48.5 Å². The van der Waals surface area contributed by atoms with Crippen molar-refractivity contribution in [3.8, 4) is 0 Å². The molecule has 1 fully saturated rings. The maximum atomic E-state index is 12.3. The molecule has 1 aliphatic carbocycles. The number of rotatable bonds is 4. The summed E-state index contributed by atoms with van der Waals surface area (Å²) in [6.45, 7) is 2.06. The van der Waals surface area contributed by atoms with Crippen LogP contribution < -0.4 is 16.0 Å². The number of amides is 2. The average molecular weight is 323 g/mol. The van der Waals surface area contributed by atoms with E-state index in [0.29, 0.717) is 6.04 Å². The molecule has 24 heavy (non-hydrogen) atoms. The predicted octanol–water partition coefficient (Wildman–Crippen LogP) is 5.19. The fourth-order valence-electron chi connectivity index (χ4n) is 3.08. The molecule has 4 heteroatoms. The van der Waals surface area contributed by atoms with E-state index < -0.39 is 0 Å². The van der Waals surface area contributed by atoms with Crippen LogP contribution in [0.3, 0.4) is 0 Å². The molecule has 3 rings (SSSR count). The van der Waals surface area contributed by atoms with Crippen molar-refractivity contribution < 1.29 is 4.79 Å². The summed E-state index contributed by atoms with van der Waals surface area (Å²) < 4.78 is 0. The fraction of sp³-hybridized carbons (Fsp3) is 0.350. The Kier molecular flexibility index (Phi) is 5.36. The number of urea groups is 1. The Morgan fingerprint density at radius 1 is 0.917 bits per heavy atom. The molecule has 2 aromatic rings. The van der Waals surface area contributed by atoms with Crippen molar-refractivity contribution in [1.29, 1.82) is 0 Å². The van der Waals surface area contributed by atoms with Gasteiger partial charge in [0.2, 0.25) is 0 Å². The molecule has 0 aliphatic heterocycles. The van der Waals surface area contributed by atoms with Crippen LogP contribution in [0.1, 0.15) is 37.7 Å². The Morgan fingerprint density at radius 2 is 1.58 bits per heavy atom. The highest BCUT2D eigenvalue weighted by Gasteiger charge is 2.16. The van der Waals surface area contributed by atoms with E-state index in [2.05, 4.69) is 35.0 Å². The van der Waals surface area contributed by atoms with Crippen LogP contribution in [0, 0.1) is 6.92 Å². The standard InChI is InChI=1S/C20H25N3O/c1-15-11-13-17(14-12-15)21-18-9-5-6-10-19(18)23-20(24)22-16-7-3-2-4-8-16/h5-6,9-14,16,21H,2-4,7-8H2,1H3,(H2,22,23,24). The van der Waals surface area contributed by atoms with Gasteiger partial charge in [0.25, 0.3) is 0 Å². The number of carbonyl (C=O) groups is 1. The van der Waals surface area contributed by atoms with Crippen molar-refractivity contribution in [2.45, 2.75) is 45.1 Å². The largest absolute Gasteiger partial charge is 0.354 e. The van der Waals surface area contributed by atoms with Crippen molar-refractivity contribution in [3.05, 3.63) is 54.1 Å². The number of para-hydroxylation sites is 2. The molecule has 0 atom stereocenters. The van der Waals surface area contributed by atoms with Crippen LogP contribution in [0.2, 0.25) is 0 Å². The van der Waals surface area contributed by atoms with E-state index >= 15 is 0 Å². The number of hydrogen-bond donors (Lipinski definition) is 3. The van der Waals surface area contributed by atoms with E-state index in [9.17, 15) is 4.79 Å². The van der Waals surface area contributed by atoms with E-state index in [1.807, 2.05) is 36.4 Å². The third-order valence-electron chi connectivity index (χ3n) is 4.45. The van der Waals surface area contributed by atoms with Crippen molar-refractivity contribution >= 4 is 23.1 Å². The van der Waals surface area contributed by atoms with E-state index in [4.69, 9.17) is 0 Å². The second-order valence-corrected chi connectivity index (χ2v) is 6.47. The quantitative estimate of drug-likeness (QED) is 0.725. The van der Waals surface area contributed by atoms with Gasteiger partial charge in [0.1, 0.15) is 0 Å². The first kappa shape index (κ1) is 16.4. The first-order valence-corrected chi connectivity index (χ1v) is 8.71. The molecular formula is C20H25N3O. The lowest BCUT2D eigenvalue weighted by Crippen LogP contribution is -2.39. The molecule has 126 valence electrons. The Bertz CT molecular complexity index is 676.